The maximum absolute atomic E-state index is 10.4. The molecule has 0 unspecified atom stereocenters. The molecule has 5 heterocycles. The first-order chi connectivity index (χ1) is 13.9. The van der Waals surface area contributed by atoms with E-state index in [-0.39, 0.29) is 6.04 Å². The van der Waals surface area contributed by atoms with Crippen LogP contribution in [0.4, 0.5) is 11.6 Å². The fourth-order valence-corrected chi connectivity index (χ4v) is 6.22. The molecule has 9 nitrogen and oxygen atoms in total. The summed E-state index contributed by atoms with van der Waals surface area (Å²) in [6.45, 7) is 6.06. The minimum absolute atomic E-state index is 0.273. The molecule has 1 aliphatic heterocycles. The van der Waals surface area contributed by atoms with Gasteiger partial charge in [-0.1, -0.05) is 0 Å². The monoisotopic (exact) mass is 408 g/mol. The van der Waals surface area contributed by atoms with Crippen LogP contribution in [0.5, 0.6) is 0 Å². The highest BCUT2D eigenvalue weighted by Crippen LogP contribution is 2.35. The molecule has 0 amide bonds. The fraction of sp³-hybridized carbons (Fsp3) is 0.421. The highest BCUT2D eigenvalue weighted by Gasteiger charge is 2.33. The molecule has 150 valence electrons. The Morgan fingerprint density at radius 3 is 2.79 bits per heavy atom. The summed E-state index contributed by atoms with van der Waals surface area (Å²) in [7, 11) is -2.01. The van der Waals surface area contributed by atoms with Crippen molar-refractivity contribution in [2.45, 2.75) is 51.4 Å². The average Bonchev–Trinajstić information content (AvgIpc) is 3.26. The van der Waals surface area contributed by atoms with E-state index in [0.717, 1.165) is 58.6 Å². The largest absolute Gasteiger partial charge is 0.432 e. The van der Waals surface area contributed by atoms with Gasteiger partial charge in [0.05, 0.1) is 29.0 Å². The number of rotatable bonds is 3. The van der Waals surface area contributed by atoms with Crippen LogP contribution in [-0.2, 0) is 0 Å². The van der Waals surface area contributed by atoms with E-state index in [1.807, 2.05) is 43.5 Å². The van der Waals surface area contributed by atoms with E-state index in [2.05, 4.69) is 20.4 Å². The second kappa shape index (κ2) is 6.60. The molecule has 0 bridgehead atoms. The topological polar surface area (TPSA) is 106 Å². The highest BCUT2D eigenvalue weighted by atomic mass is 28.4. The number of nitrogens with one attached hydrogen (secondary N) is 1. The molecule has 0 saturated carbocycles. The summed E-state index contributed by atoms with van der Waals surface area (Å²) < 4.78 is 3.76. The fourth-order valence-electron chi connectivity index (χ4n) is 4.06. The zero-order valence-corrected chi connectivity index (χ0v) is 17.8. The van der Waals surface area contributed by atoms with Gasteiger partial charge >= 0.3 is 0 Å². The molecule has 0 spiro atoms. The van der Waals surface area contributed by atoms with Gasteiger partial charge in [-0.2, -0.15) is 15.2 Å². The van der Waals surface area contributed by atoms with Crippen LogP contribution in [0.1, 0.15) is 30.1 Å². The van der Waals surface area contributed by atoms with Gasteiger partial charge in [-0.15, -0.1) is 0 Å². The number of anilines is 2. The lowest BCUT2D eigenvalue weighted by Crippen LogP contribution is -2.35. The second-order valence-corrected chi connectivity index (χ2v) is 12.2. The minimum Gasteiger partial charge on any atom is -0.432 e. The standard InChI is InChI=1S/C19H24N8OSi/c1-12-8-17-21-11-22-26(17)10-16(12)23-19-20-9-15-13(2)25-27(18(15)24-19)14-4-6-29(3,28)7-5-14/h8-11,14,28H,4-7H2,1-3H3,(H,20,23,24). The molecule has 4 aromatic rings. The zero-order chi connectivity index (χ0) is 20.2. The van der Waals surface area contributed by atoms with Crippen LogP contribution in [0.25, 0.3) is 16.7 Å². The molecule has 29 heavy (non-hydrogen) atoms. The Kier molecular flexibility index (Phi) is 4.14. The van der Waals surface area contributed by atoms with Crippen LogP contribution in [-0.4, -0.2) is 47.5 Å². The van der Waals surface area contributed by atoms with E-state index < -0.39 is 8.32 Å². The van der Waals surface area contributed by atoms with Crippen LogP contribution >= 0.6 is 0 Å². The smallest absolute Gasteiger partial charge is 0.229 e. The van der Waals surface area contributed by atoms with Crippen molar-refractivity contribution in [2.24, 2.45) is 0 Å². The van der Waals surface area contributed by atoms with Crippen LogP contribution in [0.15, 0.2) is 24.8 Å². The number of hydrogen-bond acceptors (Lipinski definition) is 7. The predicted molar refractivity (Wildman–Crippen MR) is 113 cm³/mol. The van der Waals surface area contributed by atoms with Crippen LogP contribution in [0.3, 0.4) is 0 Å². The maximum atomic E-state index is 10.4. The van der Waals surface area contributed by atoms with Crippen LogP contribution < -0.4 is 5.32 Å². The van der Waals surface area contributed by atoms with E-state index in [9.17, 15) is 4.80 Å². The van der Waals surface area contributed by atoms with Crippen molar-refractivity contribution in [3.63, 3.8) is 0 Å². The van der Waals surface area contributed by atoms with Gasteiger partial charge in [0.25, 0.3) is 0 Å². The van der Waals surface area contributed by atoms with Crippen molar-refractivity contribution >= 4 is 36.6 Å². The van der Waals surface area contributed by atoms with Gasteiger partial charge in [-0.05, 0) is 57.0 Å². The van der Waals surface area contributed by atoms with Gasteiger partial charge in [-0.25, -0.2) is 19.2 Å². The molecule has 1 fully saturated rings. The lowest BCUT2D eigenvalue weighted by molar-refractivity contribution is 0.388. The first-order valence-corrected chi connectivity index (χ1v) is 12.8. The SMILES string of the molecule is Cc1cc2ncnn2cc1Nc1ncc2c(C)nn(C3CC[Si](C)(O)CC3)c2n1. The Balaban J connectivity index is 1.50. The van der Waals surface area contributed by atoms with E-state index in [4.69, 9.17) is 10.1 Å². The lowest BCUT2D eigenvalue weighted by Gasteiger charge is -2.31. The van der Waals surface area contributed by atoms with E-state index >= 15 is 0 Å². The van der Waals surface area contributed by atoms with E-state index in [1.54, 1.807) is 4.52 Å². The zero-order valence-electron chi connectivity index (χ0n) is 16.8. The molecular formula is C19H24N8OSi. The van der Waals surface area contributed by atoms with Crippen LogP contribution in [0.2, 0.25) is 18.6 Å². The third-order valence-corrected chi connectivity index (χ3v) is 8.61. The first kappa shape index (κ1) is 18.2. The summed E-state index contributed by atoms with van der Waals surface area (Å²) in [5, 5.41) is 13.2. The summed E-state index contributed by atoms with van der Waals surface area (Å²) in [5.41, 5.74) is 4.49. The quantitative estimate of drug-likeness (QED) is 0.502. The van der Waals surface area contributed by atoms with Crippen molar-refractivity contribution in [3.05, 3.63) is 36.0 Å². The molecule has 5 rings (SSSR count). The summed E-state index contributed by atoms with van der Waals surface area (Å²) >= 11 is 0. The van der Waals surface area contributed by atoms with Crippen molar-refractivity contribution < 1.29 is 4.80 Å². The number of aromatic nitrogens is 7. The van der Waals surface area contributed by atoms with Gasteiger partial charge in [0, 0.05) is 6.20 Å². The predicted octanol–water partition coefficient (Wildman–Crippen LogP) is 3.13. The Hall–Kier alpha value is -2.85. The van der Waals surface area contributed by atoms with Crippen molar-refractivity contribution in [1.82, 2.24) is 34.3 Å². The molecule has 4 aromatic heterocycles. The Morgan fingerprint density at radius 2 is 2.00 bits per heavy atom. The number of pyridine rings is 1. The number of nitrogens with zero attached hydrogens (tertiary/aromatic N) is 7. The molecule has 0 aromatic carbocycles. The van der Waals surface area contributed by atoms with Gasteiger partial charge in [0.1, 0.15) is 6.33 Å². The van der Waals surface area contributed by atoms with Crippen molar-refractivity contribution in [1.29, 1.82) is 0 Å². The average molecular weight is 409 g/mol. The minimum atomic E-state index is -2.01. The summed E-state index contributed by atoms with van der Waals surface area (Å²) in [6, 6.07) is 4.06. The summed E-state index contributed by atoms with van der Waals surface area (Å²) in [5.74, 6) is 0.526. The molecule has 10 heteroatoms. The number of hydrogen-bond donors (Lipinski definition) is 2. The van der Waals surface area contributed by atoms with Crippen molar-refractivity contribution in [2.75, 3.05) is 5.32 Å². The molecular weight excluding hydrogens is 384 g/mol. The Morgan fingerprint density at radius 1 is 1.21 bits per heavy atom. The number of fused-ring (bicyclic) bond motifs is 2. The normalized spacial score (nSPS) is 22.4. The van der Waals surface area contributed by atoms with Crippen LogP contribution in [0, 0.1) is 13.8 Å². The third-order valence-electron chi connectivity index (χ3n) is 5.88. The Labute approximate surface area is 169 Å². The molecule has 0 atom stereocenters. The molecule has 2 N–H and O–H groups in total. The highest BCUT2D eigenvalue weighted by molar-refractivity contribution is 6.71. The molecule has 0 aliphatic carbocycles. The molecule has 1 aliphatic rings. The van der Waals surface area contributed by atoms with E-state index in [0.29, 0.717) is 5.95 Å². The summed E-state index contributed by atoms with van der Waals surface area (Å²) in [6.07, 6.45) is 7.16. The van der Waals surface area contributed by atoms with E-state index in [1.165, 1.54) is 6.33 Å². The van der Waals surface area contributed by atoms with Gasteiger partial charge in [0.15, 0.2) is 19.6 Å². The van der Waals surface area contributed by atoms with Gasteiger partial charge in [-0.3, -0.25) is 0 Å². The number of aryl methyl sites for hydroxylation is 2. The maximum Gasteiger partial charge on any atom is 0.229 e. The van der Waals surface area contributed by atoms with Gasteiger partial charge < -0.3 is 10.1 Å². The summed E-state index contributed by atoms with van der Waals surface area (Å²) in [4.78, 5) is 23.9. The lowest BCUT2D eigenvalue weighted by atomic mass is 10.1. The van der Waals surface area contributed by atoms with Crippen molar-refractivity contribution in [3.8, 4) is 0 Å². The first-order valence-electron chi connectivity index (χ1n) is 9.91. The Bertz CT molecular complexity index is 1200. The second-order valence-electron chi connectivity index (χ2n) is 8.25. The third kappa shape index (κ3) is 3.27. The molecule has 0 radical (unpaired) electrons. The van der Waals surface area contributed by atoms with Gasteiger partial charge in [0.2, 0.25) is 5.95 Å². The molecule has 1 saturated heterocycles.